The highest BCUT2D eigenvalue weighted by Gasteiger charge is 2.31. The molecule has 0 bridgehead atoms. The summed E-state index contributed by atoms with van der Waals surface area (Å²) in [5.74, 6) is 0.159. The van der Waals surface area contributed by atoms with Gasteiger partial charge < -0.3 is 20.1 Å². The minimum atomic E-state index is -0.614. The largest absolute Gasteiger partial charge is 0.493 e. The molecule has 0 radical (unpaired) electrons. The summed E-state index contributed by atoms with van der Waals surface area (Å²) >= 11 is 0. The van der Waals surface area contributed by atoms with Crippen molar-refractivity contribution in [3.63, 3.8) is 0 Å². The first-order valence-electron chi connectivity index (χ1n) is 7.44. The van der Waals surface area contributed by atoms with Gasteiger partial charge in [0.1, 0.15) is 5.82 Å². The van der Waals surface area contributed by atoms with Gasteiger partial charge in [0.2, 0.25) is 0 Å². The molecule has 1 aromatic rings. The number of nitrogens with zero attached hydrogens (tertiary/aromatic N) is 1. The molecule has 2 rings (SSSR count). The second-order valence-electron chi connectivity index (χ2n) is 5.70. The number of halogens is 1. The van der Waals surface area contributed by atoms with Crippen LogP contribution in [0.25, 0.3) is 0 Å². The quantitative estimate of drug-likeness (QED) is 0.924. The zero-order valence-corrected chi connectivity index (χ0v) is 13.3. The van der Waals surface area contributed by atoms with Crippen LogP contribution in [0.15, 0.2) is 12.1 Å². The van der Waals surface area contributed by atoms with E-state index in [0.29, 0.717) is 24.8 Å². The molecule has 1 fully saturated rings. The first-order chi connectivity index (χ1) is 10.5. The highest BCUT2D eigenvalue weighted by atomic mass is 19.1. The smallest absolute Gasteiger partial charge is 0.257 e. The molecule has 1 aliphatic heterocycles. The SMILES string of the molecule is COc1cc(F)c(C(=O)N2CCC(C)CC2CN)cc1OC. The normalized spacial score (nSPS) is 21.6. The minimum absolute atomic E-state index is 0.00865. The first-order valence-corrected chi connectivity index (χ1v) is 7.44. The average molecular weight is 310 g/mol. The fourth-order valence-electron chi connectivity index (χ4n) is 2.92. The van der Waals surface area contributed by atoms with E-state index in [-0.39, 0.29) is 23.3 Å². The van der Waals surface area contributed by atoms with Crippen molar-refractivity contribution in [2.45, 2.75) is 25.8 Å². The predicted octanol–water partition coefficient (Wildman–Crippen LogP) is 2.04. The number of likely N-dealkylation sites (tertiary alicyclic amines) is 1. The van der Waals surface area contributed by atoms with Gasteiger partial charge in [0.05, 0.1) is 19.8 Å². The van der Waals surface area contributed by atoms with Crippen LogP contribution in [0.4, 0.5) is 4.39 Å². The van der Waals surface area contributed by atoms with Crippen molar-refractivity contribution in [1.29, 1.82) is 0 Å². The van der Waals surface area contributed by atoms with Gasteiger partial charge in [-0.3, -0.25) is 4.79 Å². The van der Waals surface area contributed by atoms with E-state index in [1.165, 1.54) is 26.4 Å². The zero-order chi connectivity index (χ0) is 16.3. The topological polar surface area (TPSA) is 64.8 Å². The molecule has 5 nitrogen and oxygen atoms in total. The third-order valence-electron chi connectivity index (χ3n) is 4.21. The number of piperidine rings is 1. The van der Waals surface area contributed by atoms with Crippen LogP contribution < -0.4 is 15.2 Å². The molecule has 1 aliphatic rings. The maximum atomic E-state index is 14.3. The van der Waals surface area contributed by atoms with Crippen LogP contribution in [0.1, 0.15) is 30.1 Å². The number of benzene rings is 1. The van der Waals surface area contributed by atoms with E-state index in [2.05, 4.69) is 6.92 Å². The maximum Gasteiger partial charge on any atom is 0.257 e. The van der Waals surface area contributed by atoms with Gasteiger partial charge in [0, 0.05) is 25.2 Å². The molecule has 0 aliphatic carbocycles. The number of carbonyl (C=O) groups excluding carboxylic acids is 1. The van der Waals surface area contributed by atoms with Gasteiger partial charge >= 0.3 is 0 Å². The lowest BCUT2D eigenvalue weighted by Crippen LogP contribution is -2.49. The number of amides is 1. The van der Waals surface area contributed by atoms with E-state index >= 15 is 0 Å². The van der Waals surface area contributed by atoms with Crippen LogP contribution in [0.3, 0.4) is 0 Å². The molecule has 22 heavy (non-hydrogen) atoms. The zero-order valence-electron chi connectivity index (χ0n) is 13.3. The molecule has 122 valence electrons. The fourth-order valence-corrected chi connectivity index (χ4v) is 2.92. The number of ether oxygens (including phenoxy) is 2. The van der Waals surface area contributed by atoms with Crippen molar-refractivity contribution in [2.24, 2.45) is 11.7 Å². The third-order valence-corrected chi connectivity index (χ3v) is 4.21. The Bertz CT molecular complexity index is 550. The summed E-state index contributed by atoms with van der Waals surface area (Å²) in [7, 11) is 2.88. The number of carbonyl (C=O) groups is 1. The van der Waals surface area contributed by atoms with Crippen molar-refractivity contribution in [2.75, 3.05) is 27.3 Å². The molecule has 2 atom stereocenters. The van der Waals surface area contributed by atoms with Crippen LogP contribution in [0.2, 0.25) is 0 Å². The summed E-state index contributed by atoms with van der Waals surface area (Å²) in [5.41, 5.74) is 5.77. The summed E-state index contributed by atoms with van der Waals surface area (Å²) in [4.78, 5) is 14.4. The highest BCUT2D eigenvalue weighted by molar-refractivity contribution is 5.95. The van der Waals surface area contributed by atoms with Crippen molar-refractivity contribution in [1.82, 2.24) is 4.90 Å². The molecule has 0 spiro atoms. The Morgan fingerprint density at radius 2 is 2.00 bits per heavy atom. The summed E-state index contributed by atoms with van der Waals surface area (Å²) in [6.07, 6.45) is 1.74. The molecule has 6 heteroatoms. The van der Waals surface area contributed by atoms with Crippen molar-refractivity contribution in [3.05, 3.63) is 23.5 Å². The second-order valence-corrected chi connectivity index (χ2v) is 5.70. The fraction of sp³-hybridized carbons (Fsp3) is 0.562. The summed E-state index contributed by atoms with van der Waals surface area (Å²) < 4.78 is 24.4. The van der Waals surface area contributed by atoms with Crippen LogP contribution in [0.5, 0.6) is 11.5 Å². The molecule has 0 aromatic heterocycles. The van der Waals surface area contributed by atoms with Gasteiger partial charge in [0.25, 0.3) is 5.91 Å². The lowest BCUT2D eigenvalue weighted by Gasteiger charge is -2.38. The van der Waals surface area contributed by atoms with Crippen molar-refractivity contribution >= 4 is 5.91 Å². The molecule has 1 aromatic carbocycles. The summed E-state index contributed by atoms with van der Waals surface area (Å²) in [6.45, 7) is 3.11. The first kappa shape index (κ1) is 16.5. The van der Waals surface area contributed by atoms with Crippen molar-refractivity contribution < 1.29 is 18.7 Å². The molecule has 1 heterocycles. The third kappa shape index (κ3) is 3.16. The Morgan fingerprint density at radius 3 is 2.59 bits per heavy atom. The lowest BCUT2D eigenvalue weighted by atomic mass is 9.92. The number of methoxy groups -OCH3 is 2. The van der Waals surface area contributed by atoms with E-state index in [1.807, 2.05) is 0 Å². The molecule has 1 saturated heterocycles. The van der Waals surface area contributed by atoms with Gasteiger partial charge in [-0.15, -0.1) is 0 Å². The highest BCUT2D eigenvalue weighted by Crippen LogP contribution is 2.31. The van der Waals surface area contributed by atoms with Gasteiger partial charge in [-0.1, -0.05) is 6.92 Å². The van der Waals surface area contributed by atoms with Gasteiger partial charge in [0.15, 0.2) is 11.5 Å². The minimum Gasteiger partial charge on any atom is -0.493 e. The number of nitrogens with two attached hydrogens (primary N) is 1. The molecular formula is C16H23FN2O3. The Balaban J connectivity index is 2.32. The van der Waals surface area contributed by atoms with Crippen LogP contribution >= 0.6 is 0 Å². The number of hydrogen-bond donors (Lipinski definition) is 1. The average Bonchev–Trinajstić information content (AvgIpc) is 2.53. The second kappa shape index (κ2) is 6.96. The number of hydrogen-bond acceptors (Lipinski definition) is 4. The van der Waals surface area contributed by atoms with Crippen LogP contribution in [0, 0.1) is 11.7 Å². The van der Waals surface area contributed by atoms with Crippen molar-refractivity contribution in [3.8, 4) is 11.5 Å². The van der Waals surface area contributed by atoms with Crippen LogP contribution in [-0.4, -0.2) is 44.2 Å². The Labute approximate surface area is 130 Å². The van der Waals surface area contributed by atoms with Gasteiger partial charge in [-0.25, -0.2) is 4.39 Å². The number of rotatable bonds is 4. The summed E-state index contributed by atoms with van der Waals surface area (Å²) in [5, 5.41) is 0. The molecule has 1 amide bonds. The Kier molecular flexibility index (Phi) is 5.24. The Hall–Kier alpha value is -1.82. The van der Waals surface area contributed by atoms with E-state index in [9.17, 15) is 9.18 Å². The molecule has 2 unspecified atom stereocenters. The lowest BCUT2D eigenvalue weighted by molar-refractivity contribution is 0.0568. The van der Waals surface area contributed by atoms with E-state index in [0.717, 1.165) is 12.8 Å². The standard InChI is InChI=1S/C16H23FN2O3/c1-10-4-5-19(11(6-10)9-18)16(20)12-7-14(21-2)15(22-3)8-13(12)17/h7-8,10-11H,4-6,9,18H2,1-3H3. The van der Waals surface area contributed by atoms with E-state index < -0.39 is 5.82 Å². The maximum absolute atomic E-state index is 14.3. The summed E-state index contributed by atoms with van der Waals surface area (Å²) in [6, 6.07) is 2.52. The Morgan fingerprint density at radius 1 is 1.36 bits per heavy atom. The van der Waals surface area contributed by atoms with E-state index in [1.54, 1.807) is 4.90 Å². The molecule has 2 N–H and O–H groups in total. The predicted molar refractivity (Wildman–Crippen MR) is 81.8 cm³/mol. The van der Waals surface area contributed by atoms with Gasteiger partial charge in [-0.05, 0) is 24.8 Å². The molecular weight excluding hydrogens is 287 g/mol. The monoisotopic (exact) mass is 310 g/mol. The van der Waals surface area contributed by atoms with Gasteiger partial charge in [-0.2, -0.15) is 0 Å². The van der Waals surface area contributed by atoms with E-state index in [4.69, 9.17) is 15.2 Å². The molecule has 0 saturated carbocycles. The van der Waals surface area contributed by atoms with Crippen LogP contribution in [-0.2, 0) is 0 Å².